The lowest BCUT2D eigenvalue weighted by Gasteiger charge is -2.19. The number of anilines is 1. The summed E-state index contributed by atoms with van der Waals surface area (Å²) in [4.78, 5) is 15.4. The van der Waals surface area contributed by atoms with Gasteiger partial charge in [-0.3, -0.25) is 0 Å². The van der Waals surface area contributed by atoms with E-state index in [1.807, 2.05) is 0 Å². The first kappa shape index (κ1) is 18.1. The number of rotatable bonds is 4. The number of fused-ring (bicyclic) bond motifs is 1. The first-order valence-electron chi connectivity index (χ1n) is 8.37. The van der Waals surface area contributed by atoms with Gasteiger partial charge in [0.1, 0.15) is 11.8 Å². The van der Waals surface area contributed by atoms with Gasteiger partial charge in [-0.05, 0) is 12.5 Å². The average molecular weight is 394 g/mol. The van der Waals surface area contributed by atoms with Crippen molar-refractivity contribution in [2.45, 2.75) is 24.7 Å². The maximum Gasteiger partial charge on any atom is 0.183 e. The molecule has 0 bridgehead atoms. The molecule has 3 aromatic rings. The van der Waals surface area contributed by atoms with E-state index in [2.05, 4.69) is 25.3 Å². The summed E-state index contributed by atoms with van der Waals surface area (Å²) in [6.07, 6.45) is 2.25. The molecule has 3 aromatic heterocycles. The van der Waals surface area contributed by atoms with Gasteiger partial charge in [-0.15, -0.1) is 0 Å². The third kappa shape index (κ3) is 3.23. The number of pyridine rings is 1. The number of H-pyrrole nitrogens is 1. The summed E-state index contributed by atoms with van der Waals surface area (Å²) in [6.45, 7) is -0.267. The summed E-state index contributed by atoms with van der Waals surface area (Å²) < 4.78 is 14.2. The molecule has 0 radical (unpaired) electrons. The number of aliphatic hydroxyl groups excluding tert-OH is 3. The van der Waals surface area contributed by atoms with Crippen LogP contribution in [-0.2, 0) is 0 Å². The van der Waals surface area contributed by atoms with Gasteiger partial charge >= 0.3 is 0 Å². The van der Waals surface area contributed by atoms with Gasteiger partial charge in [0.05, 0.1) is 23.4 Å². The zero-order valence-corrected chi connectivity index (χ0v) is 14.7. The van der Waals surface area contributed by atoms with Gasteiger partial charge in [0, 0.05) is 35.9 Å². The highest BCUT2D eigenvalue weighted by Crippen LogP contribution is 2.31. The Bertz CT molecular complexity index is 984. The first-order chi connectivity index (χ1) is 13.0. The van der Waals surface area contributed by atoms with Crippen LogP contribution in [0.25, 0.3) is 22.4 Å². The molecule has 0 amide bonds. The van der Waals surface area contributed by atoms with Crippen LogP contribution in [-0.4, -0.2) is 60.1 Å². The first-order valence-corrected chi connectivity index (χ1v) is 8.74. The molecule has 1 saturated carbocycles. The summed E-state index contributed by atoms with van der Waals surface area (Å²) in [6, 6.07) is 1.06. The summed E-state index contributed by atoms with van der Waals surface area (Å²) in [7, 11) is 0. The Morgan fingerprint density at radius 1 is 1.26 bits per heavy atom. The predicted molar refractivity (Wildman–Crippen MR) is 96.7 cm³/mol. The normalized spacial score (nSPS) is 25.2. The lowest BCUT2D eigenvalue weighted by atomic mass is 10.1. The van der Waals surface area contributed by atoms with Crippen molar-refractivity contribution in [1.29, 1.82) is 0 Å². The molecule has 1 aliphatic rings. The number of hydrogen-bond donors (Lipinski definition) is 5. The molecular weight excluding hydrogens is 377 g/mol. The molecule has 5 N–H and O–H groups in total. The Kier molecular flexibility index (Phi) is 4.68. The smallest absolute Gasteiger partial charge is 0.183 e. The van der Waals surface area contributed by atoms with E-state index in [0.29, 0.717) is 21.6 Å². The monoisotopic (exact) mass is 393 g/mol. The molecule has 4 atom stereocenters. The fourth-order valence-electron chi connectivity index (χ4n) is 3.39. The van der Waals surface area contributed by atoms with Crippen molar-refractivity contribution < 1.29 is 19.7 Å². The van der Waals surface area contributed by atoms with E-state index in [1.54, 1.807) is 12.3 Å². The van der Waals surface area contributed by atoms with Gasteiger partial charge in [0.2, 0.25) is 0 Å². The SMILES string of the molecule is OC[C@H]1CC(Nc2nc(-c3c[nH]c4ncc(Cl)cc34)ncc2F)[C@H](O)[C@@H]1O. The minimum Gasteiger partial charge on any atom is -0.396 e. The minimum atomic E-state index is -1.14. The zero-order valence-electron chi connectivity index (χ0n) is 14.0. The predicted octanol–water partition coefficient (Wildman–Crippen LogP) is 1.33. The Morgan fingerprint density at radius 3 is 2.81 bits per heavy atom. The minimum absolute atomic E-state index is 0.0980. The van der Waals surface area contributed by atoms with Crippen LogP contribution in [0.1, 0.15) is 6.42 Å². The summed E-state index contributed by atoms with van der Waals surface area (Å²) >= 11 is 6.00. The molecular formula is C17H17ClFN5O3. The molecule has 4 rings (SSSR count). The molecule has 10 heteroatoms. The van der Waals surface area contributed by atoms with Crippen molar-refractivity contribution in [2.24, 2.45) is 5.92 Å². The van der Waals surface area contributed by atoms with E-state index < -0.39 is 30.0 Å². The van der Waals surface area contributed by atoms with Crippen molar-refractivity contribution in [3.8, 4) is 11.4 Å². The number of halogens is 2. The highest BCUT2D eigenvalue weighted by molar-refractivity contribution is 6.31. The summed E-state index contributed by atoms with van der Waals surface area (Å²) in [5.41, 5.74) is 1.19. The van der Waals surface area contributed by atoms with Crippen LogP contribution in [0.15, 0.2) is 24.7 Å². The van der Waals surface area contributed by atoms with Crippen LogP contribution < -0.4 is 5.32 Å². The van der Waals surface area contributed by atoms with Crippen LogP contribution in [0.4, 0.5) is 10.2 Å². The van der Waals surface area contributed by atoms with Crippen molar-refractivity contribution in [1.82, 2.24) is 19.9 Å². The largest absolute Gasteiger partial charge is 0.396 e. The Hall–Kier alpha value is -2.33. The molecule has 0 aliphatic heterocycles. The second-order valence-electron chi connectivity index (χ2n) is 6.55. The fourth-order valence-corrected chi connectivity index (χ4v) is 3.54. The Balaban J connectivity index is 1.67. The molecule has 0 spiro atoms. The van der Waals surface area contributed by atoms with Crippen LogP contribution in [0.3, 0.4) is 0 Å². The Morgan fingerprint density at radius 2 is 2.07 bits per heavy atom. The fraction of sp³-hybridized carbons (Fsp3) is 0.353. The molecule has 27 heavy (non-hydrogen) atoms. The number of aliphatic hydroxyl groups is 3. The summed E-state index contributed by atoms with van der Waals surface area (Å²) in [5, 5.41) is 33.3. The molecule has 3 heterocycles. The maximum atomic E-state index is 14.2. The van der Waals surface area contributed by atoms with Crippen LogP contribution in [0.5, 0.6) is 0 Å². The quantitative estimate of drug-likeness (QED) is 0.452. The van der Waals surface area contributed by atoms with Crippen LogP contribution in [0.2, 0.25) is 5.02 Å². The number of aromatic nitrogens is 4. The number of aromatic amines is 1. The van der Waals surface area contributed by atoms with Crippen LogP contribution >= 0.6 is 11.6 Å². The lowest BCUT2D eigenvalue weighted by Crippen LogP contribution is -2.35. The van der Waals surface area contributed by atoms with E-state index in [0.717, 1.165) is 6.20 Å². The topological polar surface area (TPSA) is 127 Å². The highest BCUT2D eigenvalue weighted by atomic mass is 35.5. The van der Waals surface area contributed by atoms with Gasteiger partial charge in [0.25, 0.3) is 0 Å². The van der Waals surface area contributed by atoms with Crippen molar-refractivity contribution in [2.75, 3.05) is 11.9 Å². The molecule has 0 saturated heterocycles. The Labute approximate surface area is 158 Å². The van der Waals surface area contributed by atoms with E-state index in [-0.39, 0.29) is 24.7 Å². The van der Waals surface area contributed by atoms with E-state index >= 15 is 0 Å². The second-order valence-corrected chi connectivity index (χ2v) is 6.99. The van der Waals surface area contributed by atoms with E-state index in [9.17, 15) is 19.7 Å². The summed E-state index contributed by atoms with van der Waals surface area (Å²) in [5.74, 6) is -1.02. The number of nitrogens with zero attached hydrogens (tertiary/aromatic N) is 3. The molecule has 1 aliphatic carbocycles. The van der Waals surface area contributed by atoms with Gasteiger partial charge in [-0.1, -0.05) is 11.6 Å². The lowest BCUT2D eigenvalue weighted by molar-refractivity contribution is 0.00443. The standard InChI is InChI=1S/C17H17ClFN5O3/c18-8-2-9-10(4-21-15(9)20-3-8)16-22-5-11(19)17(24-16)23-12-1-7(6-25)13(26)14(12)27/h2-5,7,12-14,25-27H,1,6H2,(H,20,21)(H,22,23,24)/t7-,12?,13-,14+/m1/s1. The van der Waals surface area contributed by atoms with Gasteiger partial charge in [-0.2, -0.15) is 0 Å². The van der Waals surface area contributed by atoms with Gasteiger partial charge < -0.3 is 25.6 Å². The van der Waals surface area contributed by atoms with Gasteiger partial charge in [0.15, 0.2) is 17.5 Å². The number of hydrogen-bond acceptors (Lipinski definition) is 7. The highest BCUT2D eigenvalue weighted by Gasteiger charge is 2.41. The van der Waals surface area contributed by atoms with Crippen molar-refractivity contribution in [3.05, 3.63) is 35.5 Å². The molecule has 1 unspecified atom stereocenters. The third-order valence-corrected chi connectivity index (χ3v) is 5.05. The van der Waals surface area contributed by atoms with Crippen LogP contribution in [0, 0.1) is 11.7 Å². The van der Waals surface area contributed by atoms with Crippen molar-refractivity contribution in [3.63, 3.8) is 0 Å². The van der Waals surface area contributed by atoms with E-state index in [4.69, 9.17) is 11.6 Å². The maximum absolute atomic E-state index is 14.2. The number of nitrogens with one attached hydrogen (secondary N) is 2. The van der Waals surface area contributed by atoms with Crippen molar-refractivity contribution >= 4 is 28.5 Å². The van der Waals surface area contributed by atoms with Gasteiger partial charge in [-0.25, -0.2) is 19.3 Å². The average Bonchev–Trinajstić information content (AvgIpc) is 3.19. The second kappa shape index (κ2) is 7.01. The van der Waals surface area contributed by atoms with E-state index in [1.165, 1.54) is 6.20 Å². The molecule has 142 valence electrons. The molecule has 0 aromatic carbocycles. The molecule has 1 fully saturated rings. The zero-order chi connectivity index (χ0) is 19.1. The third-order valence-electron chi connectivity index (χ3n) is 4.84. The molecule has 8 nitrogen and oxygen atoms in total.